The second-order valence-corrected chi connectivity index (χ2v) is 6.91. The van der Waals surface area contributed by atoms with Crippen LogP contribution in [-0.4, -0.2) is 23.1 Å². The van der Waals surface area contributed by atoms with Crippen LogP contribution in [-0.2, 0) is 11.2 Å². The summed E-state index contributed by atoms with van der Waals surface area (Å²) in [5, 5.41) is 4.47. The molecule has 0 aromatic heterocycles. The molecule has 1 aromatic rings. The van der Waals surface area contributed by atoms with Crippen molar-refractivity contribution >= 4 is 45.2 Å². The molecule has 1 amide bonds. The maximum absolute atomic E-state index is 11.7. The van der Waals surface area contributed by atoms with Crippen LogP contribution in [0.4, 0.5) is 4.79 Å². The highest BCUT2D eigenvalue weighted by molar-refractivity contribution is 9.09. The molecule has 0 fully saturated rings. The van der Waals surface area contributed by atoms with Crippen LogP contribution in [0.5, 0.6) is 0 Å². The zero-order valence-electron chi connectivity index (χ0n) is 11.7. The molecule has 3 nitrogen and oxygen atoms in total. The lowest BCUT2D eigenvalue weighted by molar-refractivity contribution is 0.0510. The highest BCUT2D eigenvalue weighted by Gasteiger charge is 2.19. The highest BCUT2D eigenvalue weighted by atomic mass is 79.9. The Morgan fingerprint density at radius 1 is 1.35 bits per heavy atom. The van der Waals surface area contributed by atoms with Gasteiger partial charge in [-0.25, -0.2) is 4.79 Å². The second kappa shape index (κ2) is 7.53. The molecule has 0 heterocycles. The number of nitrogens with one attached hydrogen (secondary N) is 1. The highest BCUT2D eigenvalue weighted by Crippen LogP contribution is 2.23. The van der Waals surface area contributed by atoms with Gasteiger partial charge in [-0.2, -0.15) is 0 Å². The average molecular weight is 383 g/mol. The quantitative estimate of drug-likeness (QED) is 0.757. The summed E-state index contributed by atoms with van der Waals surface area (Å²) in [5.74, 6) is 0. The van der Waals surface area contributed by atoms with Gasteiger partial charge in [-0.05, 0) is 44.9 Å². The molecule has 0 saturated heterocycles. The van der Waals surface area contributed by atoms with Gasteiger partial charge in [0.2, 0.25) is 0 Å². The van der Waals surface area contributed by atoms with E-state index in [1.807, 2.05) is 26.8 Å². The van der Waals surface area contributed by atoms with Crippen molar-refractivity contribution in [2.45, 2.75) is 38.8 Å². The predicted octanol–water partition coefficient (Wildman–Crippen LogP) is 4.82. The van der Waals surface area contributed by atoms with Crippen molar-refractivity contribution in [1.82, 2.24) is 5.32 Å². The van der Waals surface area contributed by atoms with E-state index in [-0.39, 0.29) is 6.04 Å². The summed E-state index contributed by atoms with van der Waals surface area (Å²) >= 11 is 15.2. The third-order valence-corrected chi connectivity index (χ3v) is 3.89. The number of ether oxygens (including phenoxy) is 1. The van der Waals surface area contributed by atoms with Gasteiger partial charge >= 0.3 is 6.09 Å². The summed E-state index contributed by atoms with van der Waals surface area (Å²) in [6.07, 6.45) is 0.212. The van der Waals surface area contributed by atoms with E-state index < -0.39 is 11.7 Å². The van der Waals surface area contributed by atoms with Gasteiger partial charge in [-0.15, -0.1) is 0 Å². The first-order chi connectivity index (χ1) is 9.21. The number of carbonyl (C=O) groups is 1. The zero-order chi connectivity index (χ0) is 15.3. The minimum absolute atomic E-state index is 0.0814. The SMILES string of the molecule is CC(C)(C)OC(=O)NC(CBr)Cc1ccc(Cl)c(Cl)c1. The normalized spacial score (nSPS) is 12.9. The fraction of sp³-hybridized carbons (Fsp3) is 0.500. The zero-order valence-corrected chi connectivity index (χ0v) is 14.8. The van der Waals surface area contributed by atoms with Crippen molar-refractivity contribution in [2.24, 2.45) is 0 Å². The summed E-state index contributed by atoms with van der Waals surface area (Å²) in [4.78, 5) is 11.7. The van der Waals surface area contributed by atoms with E-state index >= 15 is 0 Å². The monoisotopic (exact) mass is 381 g/mol. The Morgan fingerprint density at radius 2 is 2.00 bits per heavy atom. The number of benzene rings is 1. The molecular weight excluding hydrogens is 365 g/mol. The first-order valence-electron chi connectivity index (χ1n) is 6.20. The summed E-state index contributed by atoms with van der Waals surface area (Å²) in [5.41, 5.74) is 0.491. The largest absolute Gasteiger partial charge is 0.444 e. The number of carbonyl (C=O) groups excluding carboxylic acids is 1. The summed E-state index contributed by atoms with van der Waals surface area (Å²) < 4.78 is 5.23. The van der Waals surface area contributed by atoms with E-state index in [9.17, 15) is 4.79 Å². The van der Waals surface area contributed by atoms with Gasteiger partial charge in [0.05, 0.1) is 10.0 Å². The van der Waals surface area contributed by atoms with Gasteiger partial charge in [0, 0.05) is 11.4 Å². The van der Waals surface area contributed by atoms with Crippen LogP contribution in [0.2, 0.25) is 10.0 Å². The average Bonchev–Trinajstić information content (AvgIpc) is 2.30. The summed E-state index contributed by atoms with van der Waals surface area (Å²) in [7, 11) is 0. The minimum Gasteiger partial charge on any atom is -0.444 e. The van der Waals surface area contributed by atoms with Crippen molar-refractivity contribution in [3.8, 4) is 0 Å². The Kier molecular flexibility index (Phi) is 6.62. The van der Waals surface area contributed by atoms with Crippen molar-refractivity contribution in [1.29, 1.82) is 0 Å². The van der Waals surface area contributed by atoms with Gasteiger partial charge in [-0.3, -0.25) is 0 Å². The lowest BCUT2D eigenvalue weighted by Crippen LogP contribution is -2.41. The molecule has 1 atom stereocenters. The Hall–Kier alpha value is -0.450. The standard InChI is InChI=1S/C14H18BrCl2NO2/c1-14(2,3)20-13(19)18-10(8-15)6-9-4-5-11(16)12(17)7-9/h4-5,7,10H,6,8H2,1-3H3,(H,18,19). The molecule has 0 saturated carbocycles. The predicted molar refractivity (Wildman–Crippen MR) is 87.1 cm³/mol. The van der Waals surface area contributed by atoms with Crippen molar-refractivity contribution in [3.05, 3.63) is 33.8 Å². The summed E-state index contributed by atoms with van der Waals surface area (Å²) in [6.45, 7) is 5.48. The first kappa shape index (κ1) is 17.6. The van der Waals surface area contributed by atoms with Crippen LogP contribution in [0.15, 0.2) is 18.2 Å². The van der Waals surface area contributed by atoms with Crippen LogP contribution >= 0.6 is 39.1 Å². The van der Waals surface area contributed by atoms with Crippen LogP contribution in [0, 0.1) is 0 Å². The second-order valence-electron chi connectivity index (χ2n) is 5.45. The maximum atomic E-state index is 11.7. The van der Waals surface area contributed by atoms with Crippen molar-refractivity contribution in [3.63, 3.8) is 0 Å². The van der Waals surface area contributed by atoms with Crippen LogP contribution in [0.1, 0.15) is 26.3 Å². The molecule has 0 spiro atoms. The van der Waals surface area contributed by atoms with Crippen LogP contribution in [0.3, 0.4) is 0 Å². The van der Waals surface area contributed by atoms with Crippen LogP contribution in [0.25, 0.3) is 0 Å². The number of alkyl halides is 1. The molecule has 0 radical (unpaired) electrons. The van der Waals surface area contributed by atoms with Gasteiger partial charge < -0.3 is 10.1 Å². The number of amides is 1. The molecule has 1 rings (SSSR count). The number of hydrogen-bond acceptors (Lipinski definition) is 2. The van der Waals surface area contributed by atoms with Gasteiger partial charge in [0.15, 0.2) is 0 Å². The Balaban J connectivity index is 2.63. The molecule has 0 aliphatic rings. The van der Waals surface area contributed by atoms with E-state index in [0.29, 0.717) is 21.8 Å². The molecule has 6 heteroatoms. The Bertz CT molecular complexity index is 475. The smallest absolute Gasteiger partial charge is 0.407 e. The summed E-state index contributed by atoms with van der Waals surface area (Å²) in [6, 6.07) is 5.36. The Morgan fingerprint density at radius 3 is 2.50 bits per heavy atom. The Labute approximate surface area is 138 Å². The van der Waals surface area contributed by atoms with E-state index in [0.717, 1.165) is 5.56 Å². The number of hydrogen-bond donors (Lipinski definition) is 1. The minimum atomic E-state index is -0.509. The molecule has 1 aromatic carbocycles. The third-order valence-electron chi connectivity index (χ3n) is 2.37. The van der Waals surface area contributed by atoms with E-state index in [2.05, 4.69) is 21.2 Å². The molecule has 0 aliphatic heterocycles. The molecule has 1 unspecified atom stereocenters. The maximum Gasteiger partial charge on any atom is 0.407 e. The van der Waals surface area contributed by atoms with Gasteiger partial charge in [0.25, 0.3) is 0 Å². The van der Waals surface area contributed by atoms with Gasteiger partial charge in [-0.1, -0.05) is 45.2 Å². The molecule has 0 bridgehead atoms. The lowest BCUT2D eigenvalue weighted by Gasteiger charge is -2.23. The van der Waals surface area contributed by atoms with Gasteiger partial charge in [0.1, 0.15) is 5.60 Å². The van der Waals surface area contributed by atoms with E-state index in [4.69, 9.17) is 27.9 Å². The number of rotatable bonds is 4. The van der Waals surface area contributed by atoms with Crippen LogP contribution < -0.4 is 5.32 Å². The number of alkyl carbamates (subject to hydrolysis) is 1. The lowest BCUT2D eigenvalue weighted by atomic mass is 10.1. The molecular formula is C14H18BrCl2NO2. The molecule has 0 aliphatic carbocycles. The first-order valence-corrected chi connectivity index (χ1v) is 8.08. The molecule has 20 heavy (non-hydrogen) atoms. The third kappa shape index (κ3) is 6.33. The topological polar surface area (TPSA) is 38.3 Å². The van der Waals surface area contributed by atoms with E-state index in [1.54, 1.807) is 12.1 Å². The van der Waals surface area contributed by atoms with Crippen molar-refractivity contribution < 1.29 is 9.53 Å². The fourth-order valence-corrected chi connectivity index (χ4v) is 2.28. The number of halogens is 3. The van der Waals surface area contributed by atoms with Crippen molar-refractivity contribution in [2.75, 3.05) is 5.33 Å². The fourth-order valence-electron chi connectivity index (χ4n) is 1.57. The molecule has 1 N–H and O–H groups in total. The van der Waals surface area contributed by atoms with E-state index in [1.165, 1.54) is 0 Å². The molecule has 112 valence electrons.